The minimum absolute atomic E-state index is 0.237. The molecular formula is C15H20O3. The van der Waals surface area contributed by atoms with Crippen LogP contribution < -0.4 is 0 Å². The van der Waals surface area contributed by atoms with E-state index in [1.807, 2.05) is 24.3 Å². The molecule has 1 unspecified atom stereocenters. The number of carbonyl (C=O) groups excluding carboxylic acids is 1. The molecule has 0 saturated heterocycles. The van der Waals surface area contributed by atoms with E-state index in [4.69, 9.17) is 5.11 Å². The van der Waals surface area contributed by atoms with Gasteiger partial charge in [-0.05, 0) is 23.5 Å². The predicted molar refractivity (Wildman–Crippen MR) is 70.7 cm³/mol. The summed E-state index contributed by atoms with van der Waals surface area (Å²) < 4.78 is 0. The highest BCUT2D eigenvalue weighted by Gasteiger charge is 2.20. The normalized spacial score (nSPS) is 12.4. The third kappa shape index (κ3) is 3.99. The van der Waals surface area contributed by atoms with Gasteiger partial charge in [0.25, 0.3) is 0 Å². The van der Waals surface area contributed by atoms with E-state index in [0.717, 1.165) is 17.5 Å². The first kappa shape index (κ1) is 14.4. The maximum Gasteiger partial charge on any atom is 0.310 e. The van der Waals surface area contributed by atoms with E-state index in [1.165, 1.54) is 0 Å². The Kier molecular flexibility index (Phi) is 5.08. The van der Waals surface area contributed by atoms with Crippen LogP contribution in [-0.2, 0) is 16.0 Å². The minimum Gasteiger partial charge on any atom is -0.481 e. The molecule has 0 amide bonds. The summed E-state index contributed by atoms with van der Waals surface area (Å²) in [5.41, 5.74) is 2.09. The van der Waals surface area contributed by atoms with Crippen molar-refractivity contribution in [3.63, 3.8) is 0 Å². The second-order valence-corrected chi connectivity index (χ2v) is 5.06. The number of hydrogen-bond acceptors (Lipinski definition) is 2. The van der Waals surface area contributed by atoms with Crippen molar-refractivity contribution in [3.8, 4) is 0 Å². The molecule has 0 heterocycles. The van der Waals surface area contributed by atoms with Crippen molar-refractivity contribution in [2.45, 2.75) is 39.5 Å². The Balaban J connectivity index is 2.94. The molecule has 98 valence electrons. The van der Waals surface area contributed by atoms with Crippen molar-refractivity contribution in [1.29, 1.82) is 0 Å². The van der Waals surface area contributed by atoms with Crippen LogP contribution in [0.15, 0.2) is 24.3 Å². The van der Waals surface area contributed by atoms with E-state index >= 15 is 0 Å². The van der Waals surface area contributed by atoms with Crippen LogP contribution in [0.2, 0.25) is 0 Å². The lowest BCUT2D eigenvalue weighted by molar-refractivity contribution is -0.140. The summed E-state index contributed by atoms with van der Waals surface area (Å²) in [5.74, 6) is -1.14. The van der Waals surface area contributed by atoms with Gasteiger partial charge in [0.1, 0.15) is 6.42 Å². The monoisotopic (exact) mass is 248 g/mol. The third-order valence-corrected chi connectivity index (χ3v) is 2.96. The average Bonchev–Trinajstić information content (AvgIpc) is 2.27. The summed E-state index contributed by atoms with van der Waals surface area (Å²) >= 11 is 0. The second kappa shape index (κ2) is 6.34. The minimum atomic E-state index is -1.06. The van der Waals surface area contributed by atoms with Crippen LogP contribution in [0.5, 0.6) is 0 Å². The number of hydrogen-bond donors (Lipinski definition) is 1. The average molecular weight is 248 g/mol. The summed E-state index contributed by atoms with van der Waals surface area (Å²) in [6.45, 7) is 6.03. The zero-order valence-corrected chi connectivity index (χ0v) is 11.1. The number of rotatable bonds is 6. The Morgan fingerprint density at radius 2 is 1.78 bits per heavy atom. The smallest absolute Gasteiger partial charge is 0.310 e. The summed E-state index contributed by atoms with van der Waals surface area (Å²) in [6, 6.07) is 7.78. The molecule has 18 heavy (non-hydrogen) atoms. The van der Waals surface area contributed by atoms with E-state index in [2.05, 4.69) is 13.8 Å². The van der Waals surface area contributed by atoms with Crippen LogP contribution in [0.4, 0.5) is 0 Å². The van der Waals surface area contributed by atoms with E-state index in [0.29, 0.717) is 5.92 Å². The maximum atomic E-state index is 11.8. The molecule has 0 spiro atoms. The zero-order valence-electron chi connectivity index (χ0n) is 11.1. The Morgan fingerprint density at radius 3 is 2.33 bits per heavy atom. The van der Waals surface area contributed by atoms with E-state index in [-0.39, 0.29) is 11.7 Å². The summed E-state index contributed by atoms with van der Waals surface area (Å²) in [7, 11) is 0. The quantitative estimate of drug-likeness (QED) is 0.787. The first-order valence-corrected chi connectivity index (χ1v) is 6.24. The van der Waals surface area contributed by atoms with Gasteiger partial charge in [0, 0.05) is 5.92 Å². The summed E-state index contributed by atoms with van der Waals surface area (Å²) in [5, 5.41) is 8.67. The molecule has 0 radical (unpaired) electrons. The fourth-order valence-corrected chi connectivity index (χ4v) is 2.06. The van der Waals surface area contributed by atoms with Crippen molar-refractivity contribution in [2.75, 3.05) is 0 Å². The number of Topliss-reactive ketones (excluding diaryl/α,β-unsaturated/α-hetero) is 1. The van der Waals surface area contributed by atoms with Gasteiger partial charge in [0.15, 0.2) is 5.78 Å². The molecular weight excluding hydrogens is 228 g/mol. The Hall–Kier alpha value is -1.64. The van der Waals surface area contributed by atoms with E-state index < -0.39 is 12.4 Å². The molecule has 0 bridgehead atoms. The van der Waals surface area contributed by atoms with Crippen molar-refractivity contribution in [3.05, 3.63) is 35.4 Å². The first-order chi connectivity index (χ1) is 8.41. The maximum absolute atomic E-state index is 11.8. The predicted octanol–water partition coefficient (Wildman–Crippen LogP) is 3.03. The molecule has 3 nitrogen and oxygen atoms in total. The van der Waals surface area contributed by atoms with Gasteiger partial charge in [0.2, 0.25) is 0 Å². The topological polar surface area (TPSA) is 54.4 Å². The lowest BCUT2D eigenvalue weighted by atomic mass is 9.88. The molecule has 1 aromatic carbocycles. The molecule has 0 fully saturated rings. The summed E-state index contributed by atoms with van der Waals surface area (Å²) in [6.07, 6.45) is 0.498. The highest BCUT2D eigenvalue weighted by molar-refractivity contribution is 5.98. The van der Waals surface area contributed by atoms with Gasteiger partial charge in [0.05, 0.1) is 0 Å². The highest BCUT2D eigenvalue weighted by atomic mass is 16.4. The van der Waals surface area contributed by atoms with Crippen LogP contribution in [0, 0.1) is 5.92 Å². The lowest BCUT2D eigenvalue weighted by Gasteiger charge is -2.16. The van der Waals surface area contributed by atoms with E-state index in [9.17, 15) is 9.59 Å². The molecule has 0 aliphatic carbocycles. The van der Waals surface area contributed by atoms with Gasteiger partial charge >= 0.3 is 5.97 Å². The molecule has 1 atom stereocenters. The number of carboxylic acid groups (broad SMARTS) is 1. The number of ketones is 1. The van der Waals surface area contributed by atoms with Gasteiger partial charge in [-0.3, -0.25) is 9.59 Å². The number of benzene rings is 1. The SMILES string of the molecule is CC(C)Cc1ccccc1C(C)C(=O)CC(=O)O. The first-order valence-electron chi connectivity index (χ1n) is 6.24. The molecule has 0 aliphatic rings. The molecule has 1 N–H and O–H groups in total. The van der Waals surface area contributed by atoms with Crippen LogP contribution in [0.25, 0.3) is 0 Å². The van der Waals surface area contributed by atoms with Crippen LogP contribution in [0.3, 0.4) is 0 Å². The highest BCUT2D eigenvalue weighted by Crippen LogP contribution is 2.24. The lowest BCUT2D eigenvalue weighted by Crippen LogP contribution is -2.15. The van der Waals surface area contributed by atoms with Gasteiger partial charge in [-0.2, -0.15) is 0 Å². The summed E-state index contributed by atoms with van der Waals surface area (Å²) in [4.78, 5) is 22.4. The zero-order chi connectivity index (χ0) is 13.7. The fourth-order valence-electron chi connectivity index (χ4n) is 2.06. The molecule has 0 aliphatic heterocycles. The Morgan fingerprint density at radius 1 is 1.17 bits per heavy atom. The molecule has 1 rings (SSSR count). The van der Waals surface area contributed by atoms with Crippen LogP contribution in [0.1, 0.15) is 44.2 Å². The van der Waals surface area contributed by atoms with Crippen molar-refractivity contribution >= 4 is 11.8 Å². The largest absolute Gasteiger partial charge is 0.481 e. The van der Waals surface area contributed by atoms with Gasteiger partial charge < -0.3 is 5.11 Å². The molecule has 1 aromatic rings. The number of carboxylic acids is 1. The van der Waals surface area contributed by atoms with Gasteiger partial charge in [-0.25, -0.2) is 0 Å². The van der Waals surface area contributed by atoms with Crippen molar-refractivity contribution in [2.24, 2.45) is 5.92 Å². The third-order valence-electron chi connectivity index (χ3n) is 2.96. The van der Waals surface area contributed by atoms with Crippen LogP contribution >= 0.6 is 0 Å². The van der Waals surface area contributed by atoms with Crippen molar-refractivity contribution in [1.82, 2.24) is 0 Å². The number of carbonyl (C=O) groups is 2. The second-order valence-electron chi connectivity index (χ2n) is 5.06. The van der Waals surface area contributed by atoms with Crippen LogP contribution in [-0.4, -0.2) is 16.9 Å². The van der Waals surface area contributed by atoms with Crippen molar-refractivity contribution < 1.29 is 14.7 Å². The van der Waals surface area contributed by atoms with E-state index in [1.54, 1.807) is 6.92 Å². The fraction of sp³-hybridized carbons (Fsp3) is 0.467. The van der Waals surface area contributed by atoms with Gasteiger partial charge in [-0.1, -0.05) is 45.0 Å². The number of aliphatic carboxylic acids is 1. The molecule has 0 saturated carbocycles. The molecule has 0 aromatic heterocycles. The Labute approximate surface area is 108 Å². The van der Waals surface area contributed by atoms with Gasteiger partial charge in [-0.15, -0.1) is 0 Å². The Bertz CT molecular complexity index is 435. The standard InChI is InChI=1S/C15H20O3/c1-10(2)8-12-6-4-5-7-13(12)11(3)14(16)9-15(17)18/h4-7,10-11H,8-9H2,1-3H3,(H,17,18). The molecule has 3 heteroatoms.